The van der Waals surface area contributed by atoms with Gasteiger partial charge in [-0.05, 0) is 30.0 Å². The van der Waals surface area contributed by atoms with Crippen molar-refractivity contribution < 1.29 is 4.79 Å². The van der Waals surface area contributed by atoms with Crippen LogP contribution in [0.25, 0.3) is 0 Å². The highest BCUT2D eigenvalue weighted by Gasteiger charge is 2.07. The molecule has 5 nitrogen and oxygen atoms in total. The molecule has 1 aromatic heterocycles. The van der Waals surface area contributed by atoms with Crippen LogP contribution in [-0.2, 0) is 13.0 Å². The number of anilines is 1. The molecule has 5 heteroatoms. The number of hydrogen-bond acceptors (Lipinski definition) is 4. The molecule has 0 fully saturated rings. The first-order chi connectivity index (χ1) is 12.7. The van der Waals surface area contributed by atoms with E-state index in [1.54, 1.807) is 6.20 Å². The number of nitrogens with one attached hydrogen (secondary N) is 2. The normalized spacial score (nSPS) is 10.3. The molecule has 0 aliphatic carbocycles. The van der Waals surface area contributed by atoms with Crippen LogP contribution in [0.1, 0.15) is 27.2 Å². The van der Waals surface area contributed by atoms with Crippen molar-refractivity contribution in [3.05, 3.63) is 89.4 Å². The fourth-order valence-corrected chi connectivity index (χ4v) is 2.59. The first-order valence-corrected chi connectivity index (χ1v) is 8.65. The molecule has 0 saturated carbocycles. The second kappa shape index (κ2) is 8.76. The molecular formula is C21H22N4O. The van der Waals surface area contributed by atoms with Crippen molar-refractivity contribution in [3.8, 4) is 0 Å². The van der Waals surface area contributed by atoms with Gasteiger partial charge in [-0.3, -0.25) is 4.79 Å². The lowest BCUT2D eigenvalue weighted by Gasteiger charge is -2.08. The van der Waals surface area contributed by atoms with Crippen LogP contribution in [0.2, 0.25) is 0 Å². The maximum Gasteiger partial charge on any atom is 0.271 e. The Morgan fingerprint density at radius 2 is 1.73 bits per heavy atom. The van der Waals surface area contributed by atoms with Gasteiger partial charge in [-0.15, -0.1) is 0 Å². The molecule has 3 rings (SSSR count). The topological polar surface area (TPSA) is 66.9 Å². The molecule has 0 unspecified atom stereocenters. The Labute approximate surface area is 153 Å². The molecule has 2 N–H and O–H groups in total. The van der Waals surface area contributed by atoms with E-state index in [0.717, 1.165) is 6.42 Å². The second-order valence-electron chi connectivity index (χ2n) is 6.06. The summed E-state index contributed by atoms with van der Waals surface area (Å²) in [5, 5.41) is 6.10. The summed E-state index contributed by atoms with van der Waals surface area (Å²) in [6.45, 7) is 3.31. The summed E-state index contributed by atoms with van der Waals surface area (Å²) in [6, 6.07) is 18.2. The fraction of sp³-hybridized carbons (Fsp3) is 0.190. The number of hydrogen-bond donors (Lipinski definition) is 2. The summed E-state index contributed by atoms with van der Waals surface area (Å²) in [7, 11) is 0. The van der Waals surface area contributed by atoms with E-state index in [0.29, 0.717) is 24.6 Å². The van der Waals surface area contributed by atoms with Gasteiger partial charge in [0.15, 0.2) is 0 Å². The van der Waals surface area contributed by atoms with E-state index in [9.17, 15) is 4.79 Å². The third-order valence-corrected chi connectivity index (χ3v) is 4.15. The molecule has 0 atom stereocenters. The Morgan fingerprint density at radius 3 is 2.46 bits per heavy atom. The molecule has 0 aliphatic heterocycles. The van der Waals surface area contributed by atoms with E-state index in [-0.39, 0.29) is 5.91 Å². The lowest BCUT2D eigenvalue weighted by Crippen LogP contribution is -2.26. The van der Waals surface area contributed by atoms with E-state index >= 15 is 0 Å². The van der Waals surface area contributed by atoms with Crippen LogP contribution in [0.4, 0.5) is 5.82 Å². The minimum atomic E-state index is -0.209. The van der Waals surface area contributed by atoms with Gasteiger partial charge in [-0.25, -0.2) is 9.97 Å². The molecule has 0 bridgehead atoms. The minimum absolute atomic E-state index is 0.209. The van der Waals surface area contributed by atoms with Gasteiger partial charge in [0.1, 0.15) is 11.5 Å². The maximum absolute atomic E-state index is 12.1. The monoisotopic (exact) mass is 346 g/mol. The van der Waals surface area contributed by atoms with Gasteiger partial charge in [0.05, 0.1) is 12.4 Å². The Kier molecular flexibility index (Phi) is 5.93. The van der Waals surface area contributed by atoms with Crippen molar-refractivity contribution >= 4 is 11.7 Å². The van der Waals surface area contributed by atoms with E-state index in [2.05, 4.69) is 39.7 Å². The lowest BCUT2D eigenvalue weighted by atomic mass is 10.1. The molecule has 2 aromatic carbocycles. The fourth-order valence-electron chi connectivity index (χ4n) is 2.59. The number of aryl methyl sites for hydroxylation is 1. The predicted octanol–water partition coefficient (Wildman–Crippen LogP) is 3.37. The predicted molar refractivity (Wildman–Crippen MR) is 103 cm³/mol. The van der Waals surface area contributed by atoms with Crippen LogP contribution in [-0.4, -0.2) is 22.4 Å². The van der Waals surface area contributed by atoms with Gasteiger partial charge in [0, 0.05) is 13.1 Å². The van der Waals surface area contributed by atoms with E-state index in [1.165, 1.54) is 22.9 Å². The van der Waals surface area contributed by atoms with Crippen molar-refractivity contribution in [2.45, 2.75) is 19.9 Å². The van der Waals surface area contributed by atoms with Crippen molar-refractivity contribution in [2.75, 3.05) is 11.9 Å². The summed E-state index contributed by atoms with van der Waals surface area (Å²) in [5.41, 5.74) is 3.94. The summed E-state index contributed by atoms with van der Waals surface area (Å²) >= 11 is 0. The molecule has 0 aliphatic rings. The van der Waals surface area contributed by atoms with Crippen molar-refractivity contribution in [1.29, 1.82) is 0 Å². The zero-order valence-corrected chi connectivity index (χ0v) is 14.8. The smallest absolute Gasteiger partial charge is 0.271 e. The number of carbonyl (C=O) groups excluding carboxylic acids is 1. The largest absolute Gasteiger partial charge is 0.365 e. The highest BCUT2D eigenvalue weighted by Crippen LogP contribution is 2.10. The molecule has 132 valence electrons. The SMILES string of the molecule is Cc1ccccc1CNc1cnc(C(=O)NCCc2ccccc2)cn1. The maximum atomic E-state index is 12.1. The Bertz CT molecular complexity index is 847. The third kappa shape index (κ3) is 4.89. The number of amides is 1. The number of carbonyl (C=O) groups is 1. The average Bonchev–Trinajstić information content (AvgIpc) is 2.68. The Morgan fingerprint density at radius 1 is 0.962 bits per heavy atom. The van der Waals surface area contributed by atoms with Crippen LogP contribution >= 0.6 is 0 Å². The third-order valence-electron chi connectivity index (χ3n) is 4.15. The second-order valence-corrected chi connectivity index (χ2v) is 6.06. The van der Waals surface area contributed by atoms with Crippen LogP contribution < -0.4 is 10.6 Å². The lowest BCUT2D eigenvalue weighted by molar-refractivity contribution is 0.0949. The highest BCUT2D eigenvalue weighted by atomic mass is 16.1. The summed E-state index contributed by atoms with van der Waals surface area (Å²) in [4.78, 5) is 20.6. The van der Waals surface area contributed by atoms with Crippen molar-refractivity contribution in [3.63, 3.8) is 0 Å². The summed E-state index contributed by atoms with van der Waals surface area (Å²) in [5.74, 6) is 0.438. The molecule has 26 heavy (non-hydrogen) atoms. The van der Waals surface area contributed by atoms with E-state index in [1.807, 2.05) is 42.5 Å². The quantitative estimate of drug-likeness (QED) is 0.688. The summed E-state index contributed by atoms with van der Waals surface area (Å²) in [6.07, 6.45) is 3.87. The Balaban J connectivity index is 1.49. The van der Waals surface area contributed by atoms with Gasteiger partial charge in [-0.1, -0.05) is 54.6 Å². The Hall–Kier alpha value is -3.21. The zero-order chi connectivity index (χ0) is 18.2. The first kappa shape index (κ1) is 17.6. The van der Waals surface area contributed by atoms with E-state index < -0.39 is 0 Å². The molecule has 0 radical (unpaired) electrons. The van der Waals surface area contributed by atoms with Gasteiger partial charge in [-0.2, -0.15) is 0 Å². The molecular weight excluding hydrogens is 324 g/mol. The van der Waals surface area contributed by atoms with Crippen molar-refractivity contribution in [2.24, 2.45) is 0 Å². The van der Waals surface area contributed by atoms with Gasteiger partial charge < -0.3 is 10.6 Å². The molecule has 0 saturated heterocycles. The number of aromatic nitrogens is 2. The molecule has 0 spiro atoms. The van der Waals surface area contributed by atoms with Gasteiger partial charge in [0.2, 0.25) is 0 Å². The first-order valence-electron chi connectivity index (χ1n) is 8.65. The summed E-state index contributed by atoms with van der Waals surface area (Å²) < 4.78 is 0. The highest BCUT2D eigenvalue weighted by molar-refractivity contribution is 5.91. The van der Waals surface area contributed by atoms with Crippen LogP contribution in [0.5, 0.6) is 0 Å². The molecule has 1 amide bonds. The molecule has 3 aromatic rings. The van der Waals surface area contributed by atoms with Gasteiger partial charge >= 0.3 is 0 Å². The average molecular weight is 346 g/mol. The van der Waals surface area contributed by atoms with Gasteiger partial charge in [0.25, 0.3) is 5.91 Å². The minimum Gasteiger partial charge on any atom is -0.365 e. The van der Waals surface area contributed by atoms with Crippen LogP contribution in [0, 0.1) is 6.92 Å². The van der Waals surface area contributed by atoms with E-state index in [4.69, 9.17) is 0 Å². The zero-order valence-electron chi connectivity index (χ0n) is 14.8. The van der Waals surface area contributed by atoms with Crippen LogP contribution in [0.15, 0.2) is 67.0 Å². The standard InChI is InChI=1S/C21H22N4O/c1-16-7-5-6-10-18(16)13-24-20-15-23-19(14-25-20)21(26)22-12-11-17-8-3-2-4-9-17/h2-10,14-15H,11-13H2,1H3,(H,22,26)(H,24,25). The van der Waals surface area contributed by atoms with Crippen molar-refractivity contribution in [1.82, 2.24) is 15.3 Å². The number of rotatable bonds is 7. The number of nitrogens with zero attached hydrogens (tertiary/aromatic N) is 2. The molecule has 1 heterocycles. The number of benzene rings is 2. The van der Waals surface area contributed by atoms with Crippen LogP contribution in [0.3, 0.4) is 0 Å².